The van der Waals surface area contributed by atoms with E-state index in [1.807, 2.05) is 48.5 Å². The molecule has 3 aromatic carbocycles. The van der Waals surface area contributed by atoms with E-state index in [0.29, 0.717) is 29.2 Å². The largest absolute Gasteiger partial charge is 0.490 e. The Balaban J connectivity index is 1.37. The summed E-state index contributed by atoms with van der Waals surface area (Å²) in [4.78, 5) is 8.81. The van der Waals surface area contributed by atoms with Crippen molar-refractivity contribution < 1.29 is 9.13 Å². The van der Waals surface area contributed by atoms with E-state index in [4.69, 9.17) is 16.3 Å². The van der Waals surface area contributed by atoms with Gasteiger partial charge in [-0.3, -0.25) is 0 Å². The number of fused-ring (bicyclic) bond motifs is 1. The molecule has 33 heavy (non-hydrogen) atoms. The molecule has 170 valence electrons. The number of aryl methyl sites for hydroxylation is 4. The average molecular weight is 463 g/mol. The lowest BCUT2D eigenvalue weighted by Gasteiger charge is -2.09. The zero-order chi connectivity index (χ0) is 23.0. The van der Waals surface area contributed by atoms with Crippen LogP contribution in [0.25, 0.3) is 10.8 Å². The molecule has 0 spiro atoms. The quantitative estimate of drug-likeness (QED) is 0.234. The average Bonchev–Trinajstić information content (AvgIpc) is 2.84. The Morgan fingerprint density at radius 2 is 1.58 bits per heavy atom. The first kappa shape index (κ1) is 23.2. The predicted octanol–water partition coefficient (Wildman–Crippen LogP) is 7.17. The van der Waals surface area contributed by atoms with Gasteiger partial charge in [0.05, 0.1) is 19.0 Å². The Bertz CT molecular complexity index is 1190. The van der Waals surface area contributed by atoms with Crippen LogP contribution in [0.4, 0.5) is 4.39 Å². The number of ether oxygens (including phenoxy) is 1. The summed E-state index contributed by atoms with van der Waals surface area (Å²) in [6.45, 7) is 2.82. The van der Waals surface area contributed by atoms with Crippen LogP contribution >= 0.6 is 11.6 Å². The van der Waals surface area contributed by atoms with E-state index in [1.165, 1.54) is 0 Å². The van der Waals surface area contributed by atoms with E-state index >= 15 is 4.39 Å². The topological polar surface area (TPSA) is 35.0 Å². The minimum atomic E-state index is -0.130. The molecule has 0 amide bonds. The molecule has 0 aliphatic carbocycles. The fourth-order valence-electron chi connectivity index (χ4n) is 3.80. The van der Waals surface area contributed by atoms with Gasteiger partial charge in [-0.15, -0.1) is 0 Å². The third-order valence-corrected chi connectivity index (χ3v) is 6.03. The van der Waals surface area contributed by atoms with Crippen LogP contribution in [0.3, 0.4) is 0 Å². The molecule has 3 nitrogen and oxygen atoms in total. The highest BCUT2D eigenvalue weighted by Gasteiger charge is 2.09. The Labute approximate surface area is 199 Å². The smallest absolute Gasteiger partial charge is 0.155 e. The molecule has 0 fully saturated rings. The van der Waals surface area contributed by atoms with Gasteiger partial charge in [-0.2, -0.15) is 0 Å². The Hall–Kier alpha value is -2.98. The molecule has 0 aliphatic rings. The first-order valence-corrected chi connectivity index (χ1v) is 11.9. The van der Waals surface area contributed by atoms with E-state index in [1.54, 1.807) is 12.4 Å². The fourth-order valence-corrected chi connectivity index (χ4v) is 3.93. The normalized spacial score (nSPS) is 11.1. The highest BCUT2D eigenvalue weighted by molar-refractivity contribution is 6.30. The van der Waals surface area contributed by atoms with E-state index in [0.717, 1.165) is 60.0 Å². The van der Waals surface area contributed by atoms with Gasteiger partial charge < -0.3 is 4.74 Å². The van der Waals surface area contributed by atoms with Gasteiger partial charge in [0.15, 0.2) is 5.75 Å². The maximum absolute atomic E-state index is 15.1. The van der Waals surface area contributed by atoms with Gasteiger partial charge in [0.1, 0.15) is 11.6 Å². The number of hydrogen-bond donors (Lipinski definition) is 0. The van der Waals surface area contributed by atoms with Crippen LogP contribution in [0.15, 0.2) is 67.0 Å². The van der Waals surface area contributed by atoms with Crippen molar-refractivity contribution in [1.82, 2.24) is 9.97 Å². The predicted molar refractivity (Wildman–Crippen MR) is 133 cm³/mol. The molecule has 0 saturated heterocycles. The van der Waals surface area contributed by atoms with Crippen molar-refractivity contribution in [2.45, 2.75) is 45.4 Å². The zero-order valence-electron chi connectivity index (χ0n) is 18.9. The van der Waals surface area contributed by atoms with E-state index in [-0.39, 0.29) is 5.82 Å². The van der Waals surface area contributed by atoms with Crippen LogP contribution in [-0.2, 0) is 25.7 Å². The van der Waals surface area contributed by atoms with Crippen LogP contribution in [0.1, 0.15) is 42.3 Å². The van der Waals surface area contributed by atoms with Crippen LogP contribution < -0.4 is 4.74 Å². The zero-order valence-corrected chi connectivity index (χ0v) is 19.6. The molecule has 0 bridgehead atoms. The molecule has 4 rings (SSSR count). The van der Waals surface area contributed by atoms with Crippen LogP contribution in [0.2, 0.25) is 5.02 Å². The van der Waals surface area contributed by atoms with Crippen LogP contribution in [-0.4, -0.2) is 16.6 Å². The van der Waals surface area contributed by atoms with Gasteiger partial charge in [0.2, 0.25) is 0 Å². The molecule has 1 aromatic heterocycles. The van der Waals surface area contributed by atoms with Gasteiger partial charge >= 0.3 is 0 Å². The van der Waals surface area contributed by atoms with Crippen molar-refractivity contribution in [3.63, 3.8) is 0 Å². The molecule has 5 heteroatoms. The second-order valence-corrected chi connectivity index (χ2v) is 8.69. The monoisotopic (exact) mass is 462 g/mol. The van der Waals surface area contributed by atoms with Gasteiger partial charge in [-0.25, -0.2) is 14.4 Å². The van der Waals surface area contributed by atoms with E-state index in [9.17, 15) is 0 Å². The van der Waals surface area contributed by atoms with Gasteiger partial charge in [0.25, 0.3) is 0 Å². The molecule has 1 heterocycles. The summed E-state index contributed by atoms with van der Waals surface area (Å²) in [7, 11) is 0. The van der Waals surface area contributed by atoms with Crippen molar-refractivity contribution in [2.75, 3.05) is 6.61 Å². The first-order valence-electron chi connectivity index (χ1n) is 11.5. The molecule has 0 radical (unpaired) electrons. The summed E-state index contributed by atoms with van der Waals surface area (Å²) in [6.07, 6.45) is 8.54. The summed E-state index contributed by atoms with van der Waals surface area (Å²) in [5, 5.41) is 2.30. The molecule has 0 unspecified atom stereocenters. The molecule has 0 atom stereocenters. The number of hydrogen-bond acceptors (Lipinski definition) is 3. The summed E-state index contributed by atoms with van der Waals surface area (Å²) < 4.78 is 20.7. The summed E-state index contributed by atoms with van der Waals surface area (Å²) >= 11 is 5.94. The summed E-state index contributed by atoms with van der Waals surface area (Å²) in [5.74, 6) is 1.36. The van der Waals surface area contributed by atoms with Crippen molar-refractivity contribution in [1.29, 1.82) is 0 Å². The first-order chi connectivity index (χ1) is 16.1. The highest BCUT2D eigenvalue weighted by atomic mass is 35.5. The van der Waals surface area contributed by atoms with Gasteiger partial charge in [0, 0.05) is 16.8 Å². The van der Waals surface area contributed by atoms with Crippen molar-refractivity contribution in [2.24, 2.45) is 0 Å². The van der Waals surface area contributed by atoms with Gasteiger partial charge in [-0.05, 0) is 59.9 Å². The molecular formula is C28H28ClFN2O. The van der Waals surface area contributed by atoms with Gasteiger partial charge in [-0.1, -0.05) is 67.4 Å². The van der Waals surface area contributed by atoms with Crippen molar-refractivity contribution >= 4 is 22.4 Å². The lowest BCUT2D eigenvalue weighted by molar-refractivity contribution is 0.306. The van der Waals surface area contributed by atoms with E-state index in [2.05, 4.69) is 23.0 Å². The number of benzene rings is 3. The molecular weight excluding hydrogens is 435 g/mol. The fraction of sp³-hybridized carbons (Fsp3) is 0.286. The number of nitrogens with zero attached hydrogens (tertiary/aromatic N) is 2. The summed E-state index contributed by atoms with van der Waals surface area (Å²) in [6, 6.07) is 17.6. The number of rotatable bonds is 10. The van der Waals surface area contributed by atoms with Crippen molar-refractivity contribution in [3.05, 3.63) is 100 Å². The minimum Gasteiger partial charge on any atom is -0.490 e. The van der Waals surface area contributed by atoms with Crippen LogP contribution in [0.5, 0.6) is 5.75 Å². The second-order valence-electron chi connectivity index (χ2n) is 8.26. The number of unbranched alkanes of at least 4 members (excludes halogenated alkanes) is 1. The molecule has 0 aliphatic heterocycles. The Morgan fingerprint density at radius 1 is 0.848 bits per heavy atom. The van der Waals surface area contributed by atoms with Crippen molar-refractivity contribution in [3.8, 4) is 5.75 Å². The third-order valence-electron chi connectivity index (χ3n) is 5.78. The van der Waals surface area contributed by atoms with Crippen LogP contribution in [0, 0.1) is 5.82 Å². The van der Waals surface area contributed by atoms with E-state index < -0.39 is 0 Å². The molecule has 4 aromatic rings. The number of halogens is 2. The molecule has 0 N–H and O–H groups in total. The third kappa shape index (κ3) is 6.29. The standard InChI is InChI=1S/C28H28ClFN2O/c1-2-3-16-33-25-18-31-27(32-19-25)15-8-21-7-14-26-23(17-21)11-10-22(28(26)30)9-4-20-5-12-24(29)13-6-20/h5-7,10-14,17-19H,2-4,8-9,15-16H2,1H3. The highest BCUT2D eigenvalue weighted by Crippen LogP contribution is 2.24. The second kappa shape index (κ2) is 11.2. The Kier molecular flexibility index (Phi) is 7.90. The SMILES string of the molecule is CCCCOc1cnc(CCc2ccc3c(F)c(CCc4ccc(Cl)cc4)ccc3c2)nc1. The molecule has 0 saturated carbocycles. The number of aromatic nitrogens is 2. The summed E-state index contributed by atoms with van der Waals surface area (Å²) in [5.41, 5.74) is 3.03. The lowest BCUT2D eigenvalue weighted by Crippen LogP contribution is -2.01. The minimum absolute atomic E-state index is 0.130. The lowest BCUT2D eigenvalue weighted by atomic mass is 9.98. The maximum atomic E-state index is 15.1. The maximum Gasteiger partial charge on any atom is 0.155 e. The Morgan fingerprint density at radius 3 is 2.33 bits per heavy atom.